The van der Waals surface area contributed by atoms with Gasteiger partial charge in [0.05, 0.1) is 6.61 Å². The molecule has 0 unspecified atom stereocenters. The molecule has 134 valence electrons. The van der Waals surface area contributed by atoms with Crippen molar-refractivity contribution in [3.8, 4) is 28.5 Å². The summed E-state index contributed by atoms with van der Waals surface area (Å²) in [6.45, 7) is 1.94. The number of hydrogen-bond donors (Lipinski definition) is 1. The number of hydrogen-bond acceptors (Lipinski definition) is 6. The van der Waals surface area contributed by atoms with Crippen LogP contribution >= 0.6 is 0 Å². The Morgan fingerprint density at radius 1 is 1.04 bits per heavy atom. The van der Waals surface area contributed by atoms with Gasteiger partial charge in [-0.3, -0.25) is 4.79 Å². The van der Waals surface area contributed by atoms with Gasteiger partial charge in [0.1, 0.15) is 23.9 Å². The molecule has 0 atom stereocenters. The molecule has 1 heterocycles. The highest BCUT2D eigenvalue weighted by molar-refractivity contribution is 5.88. The smallest absolute Gasteiger partial charge is 0.325 e. The van der Waals surface area contributed by atoms with Gasteiger partial charge in [0.2, 0.25) is 0 Å². The Labute approximate surface area is 157 Å². The number of rotatable bonds is 6. The number of esters is 1. The van der Waals surface area contributed by atoms with E-state index in [1.54, 1.807) is 6.92 Å². The van der Waals surface area contributed by atoms with E-state index in [9.17, 15) is 10.1 Å². The fourth-order valence-electron chi connectivity index (χ4n) is 2.72. The second kappa shape index (κ2) is 8.59. The van der Waals surface area contributed by atoms with E-state index in [0.29, 0.717) is 23.4 Å². The van der Waals surface area contributed by atoms with Crippen LogP contribution in [0.25, 0.3) is 22.4 Å². The molecule has 3 rings (SSSR count). The van der Waals surface area contributed by atoms with E-state index in [2.05, 4.69) is 21.6 Å². The molecule has 0 saturated carbocycles. The first-order valence-corrected chi connectivity index (χ1v) is 8.55. The molecule has 0 aliphatic rings. The second-order valence-corrected chi connectivity index (χ2v) is 5.65. The molecule has 0 saturated heterocycles. The lowest BCUT2D eigenvalue weighted by Crippen LogP contribution is -2.18. The molecular weight excluding hydrogens is 340 g/mol. The summed E-state index contributed by atoms with van der Waals surface area (Å²) in [5.74, 6) is -0.166. The number of anilines is 1. The summed E-state index contributed by atoms with van der Waals surface area (Å²) in [7, 11) is 0. The van der Waals surface area contributed by atoms with E-state index < -0.39 is 5.97 Å². The van der Waals surface area contributed by atoms with Crippen LogP contribution in [0, 0.1) is 11.3 Å². The van der Waals surface area contributed by atoms with Crippen molar-refractivity contribution in [1.29, 1.82) is 5.26 Å². The summed E-state index contributed by atoms with van der Waals surface area (Å²) in [6, 6.07) is 21.3. The third kappa shape index (κ3) is 4.10. The number of nitriles is 1. The van der Waals surface area contributed by atoms with Gasteiger partial charge < -0.3 is 10.1 Å². The Morgan fingerprint density at radius 2 is 1.67 bits per heavy atom. The number of nitrogens with zero attached hydrogens (tertiary/aromatic N) is 3. The van der Waals surface area contributed by atoms with Crippen molar-refractivity contribution in [1.82, 2.24) is 10.2 Å². The highest BCUT2D eigenvalue weighted by Gasteiger charge is 2.19. The maximum Gasteiger partial charge on any atom is 0.325 e. The van der Waals surface area contributed by atoms with E-state index in [4.69, 9.17) is 4.74 Å². The predicted molar refractivity (Wildman–Crippen MR) is 103 cm³/mol. The van der Waals surface area contributed by atoms with Crippen molar-refractivity contribution in [3.05, 3.63) is 66.2 Å². The molecule has 0 aliphatic heterocycles. The summed E-state index contributed by atoms with van der Waals surface area (Å²) >= 11 is 0. The van der Waals surface area contributed by atoms with Crippen LogP contribution in [0.3, 0.4) is 0 Å². The van der Waals surface area contributed by atoms with E-state index in [0.717, 1.165) is 11.1 Å². The third-order valence-electron chi connectivity index (χ3n) is 3.90. The molecule has 27 heavy (non-hydrogen) atoms. The number of aromatic nitrogens is 2. The van der Waals surface area contributed by atoms with Gasteiger partial charge in [-0.1, -0.05) is 60.7 Å². The lowest BCUT2D eigenvalue weighted by Gasteiger charge is -2.14. The quantitative estimate of drug-likeness (QED) is 0.677. The summed E-state index contributed by atoms with van der Waals surface area (Å²) in [5.41, 5.74) is 3.32. The SMILES string of the molecule is CCOC(=O)CNc1nnc(-c2ccccc2)c(-c2ccccc2)c1C#N. The van der Waals surface area contributed by atoms with Crippen LogP contribution in [0.4, 0.5) is 5.82 Å². The molecular formula is C21H18N4O2. The molecule has 0 radical (unpaired) electrons. The fourth-order valence-corrected chi connectivity index (χ4v) is 2.72. The van der Waals surface area contributed by atoms with Crippen LogP contribution in [0.5, 0.6) is 0 Å². The summed E-state index contributed by atoms with van der Waals surface area (Å²) in [5, 5.41) is 21.2. The Bertz CT molecular complexity index is 967. The fraction of sp³-hybridized carbons (Fsp3) is 0.143. The van der Waals surface area contributed by atoms with Gasteiger partial charge in [-0.25, -0.2) is 0 Å². The van der Waals surface area contributed by atoms with E-state index >= 15 is 0 Å². The number of carbonyl (C=O) groups is 1. The Kier molecular flexibility index (Phi) is 5.75. The maximum absolute atomic E-state index is 11.6. The monoisotopic (exact) mass is 358 g/mol. The van der Waals surface area contributed by atoms with Crippen molar-refractivity contribution < 1.29 is 9.53 Å². The molecule has 0 aliphatic carbocycles. The van der Waals surface area contributed by atoms with Gasteiger partial charge in [0.25, 0.3) is 0 Å². The molecule has 0 bridgehead atoms. The zero-order valence-electron chi connectivity index (χ0n) is 14.8. The minimum Gasteiger partial charge on any atom is -0.465 e. The zero-order valence-corrected chi connectivity index (χ0v) is 14.8. The topological polar surface area (TPSA) is 87.9 Å². The first kappa shape index (κ1) is 18.1. The summed E-state index contributed by atoms with van der Waals surface area (Å²) in [6.07, 6.45) is 0. The van der Waals surface area contributed by atoms with Gasteiger partial charge in [-0.15, -0.1) is 10.2 Å². The van der Waals surface area contributed by atoms with Gasteiger partial charge in [0.15, 0.2) is 5.82 Å². The maximum atomic E-state index is 11.6. The first-order valence-electron chi connectivity index (χ1n) is 8.55. The highest BCUT2D eigenvalue weighted by Crippen LogP contribution is 2.35. The molecule has 0 amide bonds. The van der Waals surface area contributed by atoms with Gasteiger partial charge >= 0.3 is 5.97 Å². The molecule has 0 fully saturated rings. The van der Waals surface area contributed by atoms with E-state index in [1.807, 2.05) is 60.7 Å². The van der Waals surface area contributed by atoms with E-state index in [-0.39, 0.29) is 12.4 Å². The van der Waals surface area contributed by atoms with Gasteiger partial charge in [-0.05, 0) is 12.5 Å². The zero-order chi connectivity index (χ0) is 19.1. The van der Waals surface area contributed by atoms with Crippen molar-refractivity contribution in [2.45, 2.75) is 6.92 Å². The highest BCUT2D eigenvalue weighted by atomic mass is 16.5. The normalized spacial score (nSPS) is 10.1. The minimum absolute atomic E-state index is 0.0872. The average Bonchev–Trinajstić information content (AvgIpc) is 2.73. The molecule has 2 aromatic carbocycles. The predicted octanol–water partition coefficient (Wildman–Crippen LogP) is 3.66. The minimum atomic E-state index is -0.420. The van der Waals surface area contributed by atoms with Crippen molar-refractivity contribution in [2.24, 2.45) is 0 Å². The Balaban J connectivity index is 2.12. The molecule has 3 aromatic rings. The second-order valence-electron chi connectivity index (χ2n) is 5.65. The largest absolute Gasteiger partial charge is 0.465 e. The standard InChI is InChI=1S/C21H18N4O2/c1-2-27-18(26)14-23-21-17(13-22)19(15-9-5-3-6-10-15)20(24-25-21)16-11-7-4-8-12-16/h3-12H,2,14H2,1H3,(H,23,25). The lowest BCUT2D eigenvalue weighted by molar-refractivity contribution is -0.140. The van der Waals surface area contributed by atoms with Crippen LogP contribution in [-0.2, 0) is 9.53 Å². The van der Waals surface area contributed by atoms with Gasteiger partial charge in [0, 0.05) is 11.1 Å². The van der Waals surface area contributed by atoms with Crippen LogP contribution < -0.4 is 5.32 Å². The number of carbonyl (C=O) groups excluding carboxylic acids is 1. The molecule has 6 heteroatoms. The molecule has 6 nitrogen and oxygen atoms in total. The van der Waals surface area contributed by atoms with Crippen LogP contribution in [0.2, 0.25) is 0 Å². The molecule has 1 aromatic heterocycles. The summed E-state index contributed by atoms with van der Waals surface area (Å²) in [4.78, 5) is 11.6. The van der Waals surface area contributed by atoms with Gasteiger partial charge in [-0.2, -0.15) is 5.26 Å². The van der Waals surface area contributed by atoms with Crippen molar-refractivity contribution >= 4 is 11.8 Å². The van der Waals surface area contributed by atoms with Crippen LogP contribution in [0.15, 0.2) is 60.7 Å². The van der Waals surface area contributed by atoms with Crippen molar-refractivity contribution in [3.63, 3.8) is 0 Å². The number of ether oxygens (including phenoxy) is 1. The summed E-state index contributed by atoms with van der Waals surface area (Å²) < 4.78 is 4.91. The third-order valence-corrected chi connectivity index (χ3v) is 3.90. The van der Waals surface area contributed by atoms with Crippen LogP contribution in [0.1, 0.15) is 12.5 Å². The Morgan fingerprint density at radius 3 is 2.26 bits per heavy atom. The van der Waals surface area contributed by atoms with Crippen molar-refractivity contribution in [2.75, 3.05) is 18.5 Å². The first-order chi connectivity index (χ1) is 13.2. The molecule has 0 spiro atoms. The van der Waals surface area contributed by atoms with Crippen LogP contribution in [-0.4, -0.2) is 29.3 Å². The van der Waals surface area contributed by atoms with E-state index in [1.165, 1.54) is 0 Å². The Hall–Kier alpha value is -3.72. The average molecular weight is 358 g/mol. The molecule has 1 N–H and O–H groups in total. The lowest BCUT2D eigenvalue weighted by atomic mass is 9.95. The number of benzene rings is 2. The number of nitrogens with one attached hydrogen (secondary N) is 1.